The molecule has 168 valence electrons. The molecule has 3 rings (SSSR count). The molecule has 32 heavy (non-hydrogen) atoms. The number of halogens is 4. The van der Waals surface area contributed by atoms with Crippen LogP contribution < -0.4 is 9.47 Å². The first-order valence-electron chi connectivity index (χ1n) is 9.56. The summed E-state index contributed by atoms with van der Waals surface area (Å²) in [6.07, 6.45) is -4.37. The average Bonchev–Trinajstić information content (AvgIpc) is 2.76. The van der Waals surface area contributed by atoms with Gasteiger partial charge in [0, 0.05) is 4.47 Å². The average molecular weight is 509 g/mol. The van der Waals surface area contributed by atoms with Crippen LogP contribution in [0.3, 0.4) is 0 Å². The molecule has 4 nitrogen and oxygen atoms in total. The van der Waals surface area contributed by atoms with Crippen molar-refractivity contribution in [2.24, 2.45) is 0 Å². The first-order valence-corrected chi connectivity index (χ1v) is 10.3. The van der Waals surface area contributed by atoms with E-state index in [2.05, 4.69) is 20.7 Å². The summed E-state index contributed by atoms with van der Waals surface area (Å²) in [5.41, 5.74) is 2.40. The molecule has 0 unspecified atom stereocenters. The van der Waals surface area contributed by atoms with Crippen LogP contribution in [0.25, 0.3) is 11.1 Å². The minimum atomic E-state index is -4.37. The van der Waals surface area contributed by atoms with E-state index in [4.69, 9.17) is 9.47 Å². The second-order valence-corrected chi connectivity index (χ2v) is 7.92. The summed E-state index contributed by atoms with van der Waals surface area (Å²) in [5.74, 6) is 0.696. The summed E-state index contributed by atoms with van der Waals surface area (Å²) in [5, 5.41) is 0. The van der Waals surface area contributed by atoms with Crippen molar-refractivity contribution < 1.29 is 32.2 Å². The largest absolute Gasteiger partial charge is 0.489 e. The van der Waals surface area contributed by atoms with E-state index < -0.39 is 17.7 Å². The lowest BCUT2D eigenvalue weighted by atomic mass is 10.0. The van der Waals surface area contributed by atoms with E-state index in [0.717, 1.165) is 33.3 Å². The Bertz CT molecular complexity index is 1100. The Morgan fingerprint density at radius 2 is 1.66 bits per heavy atom. The number of esters is 1. The highest BCUT2D eigenvalue weighted by molar-refractivity contribution is 9.10. The van der Waals surface area contributed by atoms with E-state index in [1.807, 2.05) is 25.1 Å². The van der Waals surface area contributed by atoms with Crippen molar-refractivity contribution >= 4 is 21.9 Å². The molecule has 0 heterocycles. The molecule has 0 saturated heterocycles. The van der Waals surface area contributed by atoms with Crippen molar-refractivity contribution in [1.82, 2.24) is 0 Å². The van der Waals surface area contributed by atoms with Gasteiger partial charge in [0.15, 0.2) is 6.61 Å². The number of hydrogen-bond acceptors (Lipinski definition) is 4. The second-order valence-electron chi connectivity index (χ2n) is 7.00. The predicted octanol–water partition coefficient (Wildman–Crippen LogP) is 6.57. The Hall–Kier alpha value is -3.00. The third kappa shape index (κ3) is 6.26. The Morgan fingerprint density at radius 1 is 0.938 bits per heavy atom. The minimum absolute atomic E-state index is 0.178. The van der Waals surface area contributed by atoms with Crippen molar-refractivity contribution in [2.45, 2.75) is 19.7 Å². The first-order chi connectivity index (χ1) is 15.2. The fourth-order valence-corrected chi connectivity index (χ4v) is 3.53. The Morgan fingerprint density at radius 3 is 2.28 bits per heavy atom. The number of methoxy groups -OCH3 is 1. The molecule has 0 saturated carbocycles. The molecule has 3 aromatic carbocycles. The van der Waals surface area contributed by atoms with Crippen LogP contribution in [0.15, 0.2) is 65.1 Å². The molecule has 0 spiro atoms. The van der Waals surface area contributed by atoms with Crippen molar-refractivity contribution in [2.75, 3.05) is 13.7 Å². The quantitative estimate of drug-likeness (QED) is 0.338. The zero-order valence-electron chi connectivity index (χ0n) is 17.3. The van der Waals surface area contributed by atoms with Gasteiger partial charge in [0.05, 0.1) is 12.7 Å². The van der Waals surface area contributed by atoms with E-state index in [-0.39, 0.29) is 13.2 Å². The third-order valence-corrected chi connectivity index (χ3v) is 5.09. The Labute approximate surface area is 192 Å². The van der Waals surface area contributed by atoms with Crippen LogP contribution in [0.5, 0.6) is 11.5 Å². The molecule has 0 aliphatic heterocycles. The van der Waals surface area contributed by atoms with Gasteiger partial charge < -0.3 is 14.2 Å². The van der Waals surface area contributed by atoms with Gasteiger partial charge in [-0.2, -0.15) is 13.2 Å². The first kappa shape index (κ1) is 23.7. The number of hydrogen-bond donors (Lipinski definition) is 0. The molecule has 0 amide bonds. The maximum atomic E-state index is 12.8. The van der Waals surface area contributed by atoms with E-state index in [1.54, 1.807) is 18.2 Å². The van der Waals surface area contributed by atoms with Crippen LogP contribution in [-0.2, 0) is 22.3 Å². The van der Waals surface area contributed by atoms with Crippen molar-refractivity contribution in [1.29, 1.82) is 0 Å². The van der Waals surface area contributed by atoms with Crippen molar-refractivity contribution in [3.05, 3.63) is 81.8 Å². The molecular formula is C24H20BrF3O4. The second kappa shape index (κ2) is 10.1. The van der Waals surface area contributed by atoms with E-state index in [1.165, 1.54) is 19.2 Å². The number of alkyl halides is 3. The van der Waals surface area contributed by atoms with E-state index in [0.29, 0.717) is 17.1 Å². The fourth-order valence-electron chi connectivity index (χ4n) is 2.99. The lowest BCUT2D eigenvalue weighted by Crippen LogP contribution is -2.13. The topological polar surface area (TPSA) is 44.8 Å². The maximum Gasteiger partial charge on any atom is 0.416 e. The summed E-state index contributed by atoms with van der Waals surface area (Å²) in [6, 6.07) is 15.9. The Balaban J connectivity index is 1.70. The van der Waals surface area contributed by atoms with Crippen molar-refractivity contribution in [3.8, 4) is 22.6 Å². The van der Waals surface area contributed by atoms with Crippen LogP contribution in [0.4, 0.5) is 13.2 Å². The summed E-state index contributed by atoms with van der Waals surface area (Å²) in [7, 11) is 1.29. The number of aryl methyl sites for hydroxylation is 1. The van der Waals surface area contributed by atoms with Gasteiger partial charge >= 0.3 is 12.1 Å². The zero-order valence-corrected chi connectivity index (χ0v) is 18.9. The molecule has 3 aromatic rings. The smallest absolute Gasteiger partial charge is 0.416 e. The number of ether oxygens (including phenoxy) is 3. The van der Waals surface area contributed by atoms with E-state index >= 15 is 0 Å². The van der Waals surface area contributed by atoms with Crippen LogP contribution in [-0.4, -0.2) is 19.7 Å². The minimum Gasteiger partial charge on any atom is -0.489 e. The van der Waals surface area contributed by atoms with Crippen LogP contribution in [0.2, 0.25) is 0 Å². The molecular weight excluding hydrogens is 489 g/mol. The monoisotopic (exact) mass is 508 g/mol. The molecule has 0 atom stereocenters. The summed E-state index contributed by atoms with van der Waals surface area (Å²) >= 11 is 3.45. The standard InChI is InChI=1S/C24H20BrF3O4/c1-15-9-21(7-8-22(15)32-14-23(29)30-2)31-13-16-10-18(12-20(25)11-16)17-3-5-19(6-4-17)24(26,27)28/h3-12H,13-14H2,1-2H3. The number of benzene rings is 3. The van der Waals surface area contributed by atoms with Gasteiger partial charge in [0.25, 0.3) is 0 Å². The molecule has 0 fully saturated rings. The van der Waals surface area contributed by atoms with Gasteiger partial charge in [-0.3, -0.25) is 0 Å². The molecule has 0 bridgehead atoms. The van der Waals surface area contributed by atoms with Gasteiger partial charge in [-0.25, -0.2) is 4.79 Å². The molecule has 0 aromatic heterocycles. The van der Waals surface area contributed by atoms with Gasteiger partial charge in [-0.15, -0.1) is 0 Å². The van der Waals surface area contributed by atoms with Gasteiger partial charge in [-0.05, 0) is 77.7 Å². The predicted molar refractivity (Wildman–Crippen MR) is 118 cm³/mol. The van der Waals surface area contributed by atoms with Crippen LogP contribution in [0.1, 0.15) is 16.7 Å². The molecule has 0 aliphatic rings. The van der Waals surface area contributed by atoms with Gasteiger partial charge in [0.1, 0.15) is 18.1 Å². The Kier molecular flexibility index (Phi) is 7.45. The third-order valence-electron chi connectivity index (χ3n) is 4.63. The highest BCUT2D eigenvalue weighted by Crippen LogP contribution is 2.32. The number of carbonyl (C=O) groups excluding carboxylic acids is 1. The highest BCUT2D eigenvalue weighted by Gasteiger charge is 2.29. The molecule has 8 heteroatoms. The SMILES string of the molecule is COC(=O)COc1ccc(OCc2cc(Br)cc(-c3ccc(C(F)(F)F)cc3)c2)cc1C. The lowest BCUT2D eigenvalue weighted by Gasteiger charge is -2.12. The molecule has 0 N–H and O–H groups in total. The summed E-state index contributed by atoms with van der Waals surface area (Å²) in [6.45, 7) is 1.92. The number of carbonyl (C=O) groups is 1. The van der Waals surface area contributed by atoms with Gasteiger partial charge in [0.2, 0.25) is 0 Å². The van der Waals surface area contributed by atoms with Crippen molar-refractivity contribution in [3.63, 3.8) is 0 Å². The number of rotatable bonds is 7. The molecule has 0 aliphatic carbocycles. The molecule has 0 radical (unpaired) electrons. The van der Waals surface area contributed by atoms with Gasteiger partial charge in [-0.1, -0.05) is 28.1 Å². The normalized spacial score (nSPS) is 11.2. The summed E-state index contributed by atoms with van der Waals surface area (Å²) < 4.78 is 55.0. The highest BCUT2D eigenvalue weighted by atomic mass is 79.9. The summed E-state index contributed by atoms with van der Waals surface area (Å²) in [4.78, 5) is 11.2. The lowest BCUT2D eigenvalue weighted by molar-refractivity contribution is -0.143. The van der Waals surface area contributed by atoms with E-state index in [9.17, 15) is 18.0 Å². The maximum absolute atomic E-state index is 12.8. The zero-order chi connectivity index (χ0) is 23.3. The fraction of sp³-hybridized carbons (Fsp3) is 0.208. The van der Waals surface area contributed by atoms with Crippen LogP contribution in [0, 0.1) is 6.92 Å². The van der Waals surface area contributed by atoms with Crippen LogP contribution >= 0.6 is 15.9 Å².